The molecule has 5 heterocycles. The minimum absolute atomic E-state index is 0.0152. The van der Waals surface area contributed by atoms with Crippen molar-refractivity contribution in [3.8, 4) is 6.07 Å². The third-order valence-electron chi connectivity index (χ3n) is 6.97. The number of nitrogens with zero attached hydrogens (tertiary/aromatic N) is 4. The molecule has 2 aromatic heterocycles. The molecule has 220 valence electrons. The average Bonchev–Trinajstić information content (AvgIpc) is 3.60. The summed E-state index contributed by atoms with van der Waals surface area (Å²) in [4.78, 5) is 5.92. The number of rotatable bonds is 10. The molecule has 3 aliphatic heterocycles. The highest BCUT2D eigenvalue weighted by atomic mass is 35.5. The van der Waals surface area contributed by atoms with Crippen molar-refractivity contribution in [2.45, 2.75) is 70.4 Å². The maximum Gasteiger partial charge on any atom is 0.356 e. The van der Waals surface area contributed by atoms with Gasteiger partial charge in [0.1, 0.15) is 41.9 Å². The van der Waals surface area contributed by atoms with Crippen molar-refractivity contribution in [1.29, 1.82) is 5.26 Å². The van der Waals surface area contributed by atoms with Gasteiger partial charge in [0.2, 0.25) is 0 Å². The molecule has 0 spiro atoms. The van der Waals surface area contributed by atoms with Crippen LogP contribution < -0.4 is 4.90 Å². The lowest BCUT2D eigenvalue weighted by atomic mass is 10.1. The fraction of sp³-hybridized carbons (Fsp3) is 0.680. The monoisotopic (exact) mass is 604 g/mol. The minimum Gasteiger partial charge on any atom is -0.366 e. The minimum atomic E-state index is -3.43. The van der Waals surface area contributed by atoms with Crippen molar-refractivity contribution < 1.29 is 41.3 Å². The van der Waals surface area contributed by atoms with Gasteiger partial charge in [-0.25, -0.2) is 13.8 Å². The molecule has 40 heavy (non-hydrogen) atoms. The number of fused-ring (bicyclic) bond motifs is 2. The van der Waals surface area contributed by atoms with E-state index in [1.165, 1.54) is 4.90 Å². The zero-order valence-electron chi connectivity index (χ0n) is 22.6. The smallest absolute Gasteiger partial charge is 0.356 e. The third-order valence-corrected chi connectivity index (χ3v) is 9.05. The summed E-state index contributed by atoms with van der Waals surface area (Å²) < 4.78 is 77.7. The van der Waals surface area contributed by atoms with Crippen molar-refractivity contribution in [3.05, 3.63) is 23.0 Å². The number of hydrogen-bond acceptors (Lipinski definition) is 10. The molecule has 0 amide bonds. The summed E-state index contributed by atoms with van der Waals surface area (Å²) in [6.07, 6.45) is -1.36. The van der Waals surface area contributed by atoms with Crippen LogP contribution in [-0.2, 0) is 32.6 Å². The van der Waals surface area contributed by atoms with Crippen LogP contribution in [0.25, 0.3) is 11.0 Å². The van der Waals surface area contributed by atoms with Gasteiger partial charge in [-0.3, -0.25) is 4.57 Å². The van der Waals surface area contributed by atoms with Gasteiger partial charge in [-0.05, 0) is 33.8 Å². The molecule has 0 unspecified atom stereocenters. The molecule has 15 heteroatoms. The number of anilines is 1. The van der Waals surface area contributed by atoms with Gasteiger partial charge in [-0.15, -0.1) is 0 Å². The highest BCUT2D eigenvalue weighted by Crippen LogP contribution is 2.49. The Morgan fingerprint density at radius 3 is 2.58 bits per heavy atom. The molecule has 3 aliphatic rings. The van der Waals surface area contributed by atoms with E-state index >= 15 is 0 Å². The van der Waals surface area contributed by atoms with Crippen LogP contribution in [0.5, 0.6) is 0 Å². The van der Waals surface area contributed by atoms with Crippen LogP contribution in [0.2, 0.25) is 5.15 Å². The lowest BCUT2D eigenvalue weighted by molar-refractivity contribution is -0.201. The van der Waals surface area contributed by atoms with Crippen LogP contribution in [-0.4, -0.2) is 78.8 Å². The predicted molar refractivity (Wildman–Crippen MR) is 141 cm³/mol. The van der Waals surface area contributed by atoms with Crippen molar-refractivity contribution in [2.75, 3.05) is 44.2 Å². The zero-order chi connectivity index (χ0) is 28.9. The highest BCUT2D eigenvalue weighted by Gasteiger charge is 2.56. The maximum absolute atomic E-state index is 14.1. The van der Waals surface area contributed by atoms with Crippen LogP contribution in [0.1, 0.15) is 45.9 Å². The lowest BCUT2D eigenvalue weighted by Crippen LogP contribution is -2.33. The number of alkyl halides is 2. The van der Waals surface area contributed by atoms with Gasteiger partial charge >= 0.3 is 7.60 Å². The van der Waals surface area contributed by atoms with Crippen LogP contribution in [0, 0.1) is 11.3 Å². The second-order valence-corrected chi connectivity index (χ2v) is 12.7. The Balaban J connectivity index is 1.45. The molecule has 0 aromatic carbocycles. The highest BCUT2D eigenvalue weighted by molar-refractivity contribution is 7.53. The third kappa shape index (κ3) is 5.61. The number of nitriles is 1. The predicted octanol–water partition coefficient (Wildman–Crippen LogP) is 5.06. The number of halogens is 3. The fourth-order valence-electron chi connectivity index (χ4n) is 5.49. The molecule has 3 saturated heterocycles. The largest absolute Gasteiger partial charge is 0.366 e. The van der Waals surface area contributed by atoms with Crippen molar-refractivity contribution >= 4 is 35.9 Å². The van der Waals surface area contributed by atoms with Crippen LogP contribution >= 0.6 is 19.2 Å². The Kier molecular flexibility index (Phi) is 8.20. The van der Waals surface area contributed by atoms with Gasteiger partial charge in [-0.1, -0.05) is 11.6 Å². The van der Waals surface area contributed by atoms with E-state index in [2.05, 4.69) is 4.98 Å². The molecule has 0 radical (unpaired) electrons. The molecule has 11 nitrogen and oxygen atoms in total. The maximum atomic E-state index is 14.1. The number of ether oxygens (including phenoxy) is 4. The first kappa shape index (κ1) is 29.6. The van der Waals surface area contributed by atoms with E-state index in [4.69, 9.17) is 39.6 Å². The van der Waals surface area contributed by atoms with Crippen molar-refractivity contribution in [2.24, 2.45) is 0 Å². The molecule has 3 fully saturated rings. The SMILES string of the molecule is CCOP(=O)(COC[C@H]1O[C@@H](n2ccc3c(N4CCC(F)(F)C4)c(C#N)c(Cl)nc32)[C@@H]2OC(C)(C)O[C@@H]21)OCC. The van der Waals surface area contributed by atoms with E-state index in [0.29, 0.717) is 16.7 Å². The summed E-state index contributed by atoms with van der Waals surface area (Å²) in [6.45, 7) is 6.98. The standard InChI is InChI=1S/C25H32ClF2N4O7P/c1-5-35-40(33,36-6-2)14-34-12-17-19-20(39-24(3,4)38-19)23(37-17)32-9-7-15-18(31-10-8-25(27,28)13-31)16(11-29)21(26)30-22(15)32/h7,9,17,19-20,23H,5-6,8,10,12-14H2,1-4H3/t17-,19-,20-,23-/m1/s1. The molecule has 0 N–H and O–H groups in total. The van der Waals surface area contributed by atoms with E-state index in [1.54, 1.807) is 44.5 Å². The molecule has 2 aromatic rings. The van der Waals surface area contributed by atoms with E-state index < -0.39 is 50.4 Å². The van der Waals surface area contributed by atoms with Gasteiger partial charge in [0.25, 0.3) is 5.92 Å². The number of aromatic nitrogens is 2. The molecule has 0 saturated carbocycles. The second kappa shape index (κ2) is 11.1. The summed E-state index contributed by atoms with van der Waals surface area (Å²) in [6, 6.07) is 3.72. The summed E-state index contributed by atoms with van der Waals surface area (Å²) in [5, 5.41) is 10.2. The summed E-state index contributed by atoms with van der Waals surface area (Å²) in [5.41, 5.74) is 0.704. The first-order chi connectivity index (χ1) is 18.9. The molecule has 5 rings (SSSR count). The van der Waals surface area contributed by atoms with Gasteiger partial charge in [-0.2, -0.15) is 5.26 Å². The number of hydrogen-bond donors (Lipinski definition) is 0. The van der Waals surface area contributed by atoms with Crippen molar-refractivity contribution in [1.82, 2.24) is 9.55 Å². The van der Waals surface area contributed by atoms with Gasteiger partial charge in [0, 0.05) is 24.5 Å². The van der Waals surface area contributed by atoms with E-state index in [0.717, 1.165) is 0 Å². The Morgan fingerprint density at radius 1 is 1.25 bits per heavy atom. The summed E-state index contributed by atoms with van der Waals surface area (Å²) >= 11 is 6.41. The van der Waals surface area contributed by atoms with Crippen LogP contribution in [0.4, 0.5) is 14.5 Å². The molecular weight excluding hydrogens is 573 g/mol. The number of pyridine rings is 1. The second-order valence-electron chi connectivity index (χ2n) is 10.3. The molecule has 0 bridgehead atoms. The summed E-state index contributed by atoms with van der Waals surface area (Å²) in [7, 11) is -3.43. The zero-order valence-corrected chi connectivity index (χ0v) is 24.3. The Morgan fingerprint density at radius 2 is 1.95 bits per heavy atom. The Labute approximate surface area is 235 Å². The molecule has 4 atom stereocenters. The first-order valence-electron chi connectivity index (χ1n) is 13.1. The van der Waals surface area contributed by atoms with Gasteiger partial charge in [0.15, 0.2) is 17.2 Å². The van der Waals surface area contributed by atoms with E-state index in [9.17, 15) is 18.6 Å². The van der Waals surface area contributed by atoms with Crippen molar-refractivity contribution in [3.63, 3.8) is 0 Å². The van der Waals surface area contributed by atoms with Gasteiger partial charge in [0.05, 0.1) is 32.1 Å². The van der Waals surface area contributed by atoms with Gasteiger partial charge < -0.3 is 37.5 Å². The van der Waals surface area contributed by atoms with Crippen LogP contribution in [0.15, 0.2) is 12.3 Å². The van der Waals surface area contributed by atoms with E-state index in [-0.39, 0.29) is 49.9 Å². The van der Waals surface area contributed by atoms with Crippen LogP contribution in [0.3, 0.4) is 0 Å². The topological polar surface area (TPSA) is 117 Å². The summed E-state index contributed by atoms with van der Waals surface area (Å²) in [5.74, 6) is -3.79. The Bertz CT molecular complexity index is 1340. The molecule has 0 aliphatic carbocycles. The lowest BCUT2D eigenvalue weighted by Gasteiger charge is -2.26. The quantitative estimate of drug-likeness (QED) is 0.269. The fourth-order valence-corrected chi connectivity index (χ4v) is 7.04. The van der Waals surface area contributed by atoms with E-state index in [1.807, 2.05) is 6.07 Å². The first-order valence-corrected chi connectivity index (χ1v) is 15.2. The Hall–Kier alpha value is -1.88. The normalized spacial score (nSPS) is 27.4. The molecular formula is C25H32ClF2N4O7P. The average molecular weight is 605 g/mol.